The van der Waals surface area contributed by atoms with Crippen LogP contribution in [-0.2, 0) is 0 Å². The number of para-hydroxylation sites is 1. The minimum absolute atomic E-state index is 0.198. The van der Waals surface area contributed by atoms with E-state index in [9.17, 15) is 9.18 Å². The molecule has 0 spiro atoms. The van der Waals surface area contributed by atoms with E-state index < -0.39 is 0 Å². The predicted molar refractivity (Wildman–Crippen MR) is 83.4 cm³/mol. The van der Waals surface area contributed by atoms with Gasteiger partial charge in [-0.15, -0.1) is 0 Å². The Kier molecular flexibility index (Phi) is 3.92. The van der Waals surface area contributed by atoms with Gasteiger partial charge in [-0.2, -0.15) is 0 Å². The average Bonchev–Trinajstić information content (AvgIpc) is 2.51. The van der Waals surface area contributed by atoms with Crippen LogP contribution in [0.4, 0.5) is 15.9 Å². The number of anilines is 2. The molecule has 2 aromatic rings. The van der Waals surface area contributed by atoms with Gasteiger partial charge in [0.25, 0.3) is 5.56 Å². The maximum Gasteiger partial charge on any atom is 0.267 e. The molecule has 5 nitrogen and oxygen atoms in total. The highest BCUT2D eigenvalue weighted by molar-refractivity contribution is 9.10. The number of piperazine rings is 1. The molecule has 0 radical (unpaired) electrons. The Morgan fingerprint density at radius 2 is 1.81 bits per heavy atom. The number of hydrogen-bond acceptors (Lipinski definition) is 4. The molecule has 1 saturated heterocycles. The van der Waals surface area contributed by atoms with Gasteiger partial charge in [0.2, 0.25) is 0 Å². The lowest BCUT2D eigenvalue weighted by Crippen LogP contribution is -2.47. The van der Waals surface area contributed by atoms with E-state index in [0.29, 0.717) is 42.2 Å². The topological polar surface area (TPSA) is 52.2 Å². The molecule has 0 aliphatic carbocycles. The van der Waals surface area contributed by atoms with Gasteiger partial charge in [0, 0.05) is 26.2 Å². The monoisotopic (exact) mass is 352 g/mol. The Hall–Kier alpha value is -1.89. The summed E-state index contributed by atoms with van der Waals surface area (Å²) in [5.74, 6) is 0.424. The smallest absolute Gasteiger partial charge is 0.267 e. The lowest BCUT2D eigenvalue weighted by Gasteiger charge is -2.36. The van der Waals surface area contributed by atoms with Crippen molar-refractivity contribution in [3.63, 3.8) is 0 Å². The molecule has 3 rings (SSSR count). The van der Waals surface area contributed by atoms with Gasteiger partial charge in [-0.05, 0) is 28.1 Å². The van der Waals surface area contributed by atoms with Gasteiger partial charge < -0.3 is 14.8 Å². The van der Waals surface area contributed by atoms with E-state index in [4.69, 9.17) is 0 Å². The lowest BCUT2D eigenvalue weighted by atomic mass is 10.2. The van der Waals surface area contributed by atoms with E-state index in [2.05, 4.69) is 25.9 Å². The van der Waals surface area contributed by atoms with Gasteiger partial charge in [-0.25, -0.2) is 9.37 Å². The Labute approximate surface area is 129 Å². The van der Waals surface area contributed by atoms with Crippen LogP contribution in [-0.4, -0.2) is 36.1 Å². The Morgan fingerprint density at radius 1 is 1.14 bits per heavy atom. The molecule has 2 heterocycles. The SMILES string of the molecule is O=c1[nH]cnc(N2CCN(c3ccccc3F)CC2)c1Br. The number of aromatic nitrogens is 2. The molecule has 1 aliphatic heterocycles. The molecule has 0 atom stereocenters. The van der Waals surface area contributed by atoms with Crippen molar-refractivity contribution in [1.29, 1.82) is 0 Å². The van der Waals surface area contributed by atoms with Crippen molar-refractivity contribution in [3.8, 4) is 0 Å². The molecule has 0 bridgehead atoms. The molecule has 1 aliphatic rings. The number of rotatable bonds is 2. The summed E-state index contributed by atoms with van der Waals surface area (Å²) in [6.45, 7) is 2.73. The molecule has 21 heavy (non-hydrogen) atoms. The number of nitrogens with one attached hydrogen (secondary N) is 1. The fourth-order valence-electron chi connectivity index (χ4n) is 2.46. The van der Waals surface area contributed by atoms with Crippen LogP contribution in [0.2, 0.25) is 0 Å². The quantitative estimate of drug-likeness (QED) is 0.897. The standard InChI is InChI=1S/C14H14BrFN4O/c15-12-13(17-9-18-14(12)21)20-7-5-19(6-8-20)11-4-2-1-3-10(11)16/h1-4,9H,5-8H2,(H,17,18,21). The maximum absolute atomic E-state index is 13.8. The van der Waals surface area contributed by atoms with Crippen molar-refractivity contribution in [1.82, 2.24) is 9.97 Å². The van der Waals surface area contributed by atoms with Crippen molar-refractivity contribution in [2.24, 2.45) is 0 Å². The molecule has 7 heteroatoms. The summed E-state index contributed by atoms with van der Waals surface area (Å²) in [5, 5.41) is 0. The summed E-state index contributed by atoms with van der Waals surface area (Å²) in [7, 11) is 0. The number of nitrogens with zero attached hydrogens (tertiary/aromatic N) is 3. The zero-order valence-corrected chi connectivity index (χ0v) is 12.8. The van der Waals surface area contributed by atoms with Crippen LogP contribution in [0, 0.1) is 5.82 Å². The Bertz CT molecular complexity index is 697. The van der Waals surface area contributed by atoms with Gasteiger partial charge in [0.15, 0.2) is 0 Å². The summed E-state index contributed by atoms with van der Waals surface area (Å²) in [6, 6.07) is 6.77. The summed E-state index contributed by atoms with van der Waals surface area (Å²) < 4.78 is 14.2. The minimum Gasteiger partial charge on any atom is -0.366 e. The van der Waals surface area contributed by atoms with E-state index in [1.54, 1.807) is 12.1 Å². The first-order valence-corrected chi connectivity index (χ1v) is 7.44. The second-order valence-corrected chi connectivity index (χ2v) is 5.59. The van der Waals surface area contributed by atoms with Crippen LogP contribution >= 0.6 is 15.9 Å². The van der Waals surface area contributed by atoms with E-state index >= 15 is 0 Å². The molecular formula is C14H14BrFN4O. The first kappa shape index (κ1) is 14.1. The van der Waals surface area contributed by atoms with Crippen molar-refractivity contribution in [2.75, 3.05) is 36.0 Å². The molecule has 0 saturated carbocycles. The van der Waals surface area contributed by atoms with Crippen LogP contribution < -0.4 is 15.4 Å². The minimum atomic E-state index is -0.207. The summed E-state index contributed by atoms with van der Waals surface area (Å²) in [4.78, 5) is 22.3. The number of hydrogen-bond donors (Lipinski definition) is 1. The predicted octanol–water partition coefficient (Wildman–Crippen LogP) is 2.00. The van der Waals surface area contributed by atoms with Gasteiger partial charge >= 0.3 is 0 Å². The van der Waals surface area contributed by atoms with Crippen LogP contribution in [0.1, 0.15) is 0 Å². The fourth-order valence-corrected chi connectivity index (χ4v) is 2.93. The van der Waals surface area contributed by atoms with Crippen molar-refractivity contribution < 1.29 is 4.39 Å². The summed E-state index contributed by atoms with van der Waals surface area (Å²) >= 11 is 3.27. The summed E-state index contributed by atoms with van der Waals surface area (Å²) in [6.07, 6.45) is 1.39. The fraction of sp³-hybridized carbons (Fsp3) is 0.286. The number of benzene rings is 1. The first-order valence-electron chi connectivity index (χ1n) is 6.64. The molecule has 0 unspecified atom stereocenters. The van der Waals surface area contributed by atoms with Gasteiger partial charge in [0.1, 0.15) is 16.1 Å². The highest BCUT2D eigenvalue weighted by Gasteiger charge is 2.22. The highest BCUT2D eigenvalue weighted by atomic mass is 79.9. The molecule has 0 amide bonds. The average molecular weight is 353 g/mol. The first-order chi connectivity index (χ1) is 10.2. The molecule has 1 aromatic heterocycles. The molecule has 1 fully saturated rings. The number of H-pyrrole nitrogens is 1. The third kappa shape index (κ3) is 2.78. The number of aromatic amines is 1. The molecule has 1 N–H and O–H groups in total. The molecular weight excluding hydrogens is 339 g/mol. The van der Waals surface area contributed by atoms with Crippen molar-refractivity contribution >= 4 is 27.4 Å². The highest BCUT2D eigenvalue weighted by Crippen LogP contribution is 2.24. The Morgan fingerprint density at radius 3 is 2.52 bits per heavy atom. The lowest BCUT2D eigenvalue weighted by molar-refractivity contribution is 0.595. The Balaban J connectivity index is 1.75. The van der Waals surface area contributed by atoms with E-state index in [0.717, 1.165) is 0 Å². The van der Waals surface area contributed by atoms with E-state index in [1.807, 2.05) is 15.9 Å². The van der Waals surface area contributed by atoms with Crippen molar-refractivity contribution in [2.45, 2.75) is 0 Å². The third-order valence-corrected chi connectivity index (χ3v) is 4.27. The van der Waals surface area contributed by atoms with Crippen LogP contribution in [0.25, 0.3) is 0 Å². The second-order valence-electron chi connectivity index (χ2n) is 4.79. The van der Waals surface area contributed by atoms with Gasteiger partial charge in [0.05, 0.1) is 12.0 Å². The van der Waals surface area contributed by atoms with Crippen LogP contribution in [0.5, 0.6) is 0 Å². The zero-order chi connectivity index (χ0) is 14.8. The van der Waals surface area contributed by atoms with Crippen LogP contribution in [0.3, 0.4) is 0 Å². The normalized spacial score (nSPS) is 15.3. The zero-order valence-electron chi connectivity index (χ0n) is 11.2. The van der Waals surface area contributed by atoms with E-state index in [-0.39, 0.29) is 11.4 Å². The van der Waals surface area contributed by atoms with E-state index in [1.165, 1.54) is 12.4 Å². The largest absolute Gasteiger partial charge is 0.366 e. The van der Waals surface area contributed by atoms with Gasteiger partial charge in [-0.1, -0.05) is 12.1 Å². The van der Waals surface area contributed by atoms with Gasteiger partial charge in [-0.3, -0.25) is 4.79 Å². The van der Waals surface area contributed by atoms with Crippen molar-refractivity contribution in [3.05, 3.63) is 51.2 Å². The number of halogens is 2. The second kappa shape index (κ2) is 5.85. The summed E-state index contributed by atoms with van der Waals surface area (Å²) in [5.41, 5.74) is 0.423. The molecule has 1 aromatic carbocycles. The molecule has 110 valence electrons. The third-order valence-electron chi connectivity index (χ3n) is 3.55. The maximum atomic E-state index is 13.8. The van der Waals surface area contributed by atoms with Crippen LogP contribution in [0.15, 0.2) is 39.9 Å².